The van der Waals surface area contributed by atoms with Crippen LogP contribution in [0.25, 0.3) is 0 Å². The Balaban J connectivity index is 1.75. The minimum Gasteiger partial charge on any atom is -0.351 e. The summed E-state index contributed by atoms with van der Waals surface area (Å²) in [6, 6.07) is 0.623. The molecular formula is C15H26N4OS. The summed E-state index contributed by atoms with van der Waals surface area (Å²) in [7, 11) is 0. The number of hydrogen-bond donors (Lipinski definition) is 1. The Morgan fingerprint density at radius 3 is 3.05 bits per heavy atom. The van der Waals surface area contributed by atoms with Gasteiger partial charge in [0.05, 0.1) is 5.69 Å². The lowest BCUT2D eigenvalue weighted by atomic mass is 9.94. The molecule has 1 N–H and O–H groups in total. The smallest absolute Gasteiger partial charge is 0.264 e. The van der Waals surface area contributed by atoms with Crippen molar-refractivity contribution in [3.63, 3.8) is 0 Å². The fourth-order valence-electron chi connectivity index (χ4n) is 2.88. The lowest BCUT2D eigenvalue weighted by Crippen LogP contribution is -2.40. The third kappa shape index (κ3) is 4.48. The van der Waals surface area contributed by atoms with Gasteiger partial charge >= 0.3 is 0 Å². The van der Waals surface area contributed by atoms with Gasteiger partial charge in [0, 0.05) is 19.1 Å². The molecule has 1 atom stereocenters. The van der Waals surface area contributed by atoms with E-state index in [-0.39, 0.29) is 5.91 Å². The van der Waals surface area contributed by atoms with Crippen molar-refractivity contribution in [3.05, 3.63) is 10.6 Å². The van der Waals surface area contributed by atoms with E-state index in [1.807, 2.05) is 6.92 Å². The third-order valence-electron chi connectivity index (χ3n) is 4.22. The predicted molar refractivity (Wildman–Crippen MR) is 85.7 cm³/mol. The lowest BCUT2D eigenvalue weighted by molar-refractivity contribution is 0.0945. The number of nitrogens with one attached hydrogen (secondary N) is 1. The molecule has 0 saturated carbocycles. The second-order valence-corrected chi connectivity index (χ2v) is 6.80. The van der Waals surface area contributed by atoms with E-state index in [1.54, 1.807) is 0 Å². The molecule has 1 aromatic rings. The molecule has 0 bridgehead atoms. The van der Waals surface area contributed by atoms with Crippen molar-refractivity contribution in [3.8, 4) is 0 Å². The van der Waals surface area contributed by atoms with Gasteiger partial charge in [0.25, 0.3) is 5.91 Å². The molecule has 1 fully saturated rings. The summed E-state index contributed by atoms with van der Waals surface area (Å²) in [5.74, 6) is 0.685. The molecule has 0 aliphatic carbocycles. The van der Waals surface area contributed by atoms with E-state index < -0.39 is 0 Å². The van der Waals surface area contributed by atoms with Crippen molar-refractivity contribution in [2.24, 2.45) is 5.92 Å². The normalized spacial score (nSPS) is 19.9. The SMILES string of the molecule is CCc1nnsc1C(=O)NCC[C@@H]1CCCN(C(C)C)C1. The maximum atomic E-state index is 12.1. The van der Waals surface area contributed by atoms with Crippen LogP contribution in [0.4, 0.5) is 0 Å². The van der Waals surface area contributed by atoms with Crippen molar-refractivity contribution in [1.29, 1.82) is 0 Å². The number of hydrogen-bond acceptors (Lipinski definition) is 5. The molecule has 6 heteroatoms. The number of aromatic nitrogens is 2. The van der Waals surface area contributed by atoms with Gasteiger partial charge in [0.2, 0.25) is 0 Å². The first kappa shape index (κ1) is 16.4. The van der Waals surface area contributed by atoms with Crippen LogP contribution in [0.2, 0.25) is 0 Å². The highest BCUT2D eigenvalue weighted by molar-refractivity contribution is 7.08. The number of carbonyl (C=O) groups excluding carboxylic acids is 1. The van der Waals surface area contributed by atoms with Crippen LogP contribution in [0, 0.1) is 5.92 Å². The summed E-state index contributed by atoms with van der Waals surface area (Å²) in [5, 5.41) is 7.01. The van der Waals surface area contributed by atoms with Crippen LogP contribution in [-0.4, -0.2) is 46.1 Å². The number of aryl methyl sites for hydroxylation is 1. The summed E-state index contributed by atoms with van der Waals surface area (Å²) in [6.07, 6.45) is 4.37. The first-order valence-electron chi connectivity index (χ1n) is 7.95. The Morgan fingerprint density at radius 1 is 1.52 bits per heavy atom. The van der Waals surface area contributed by atoms with Crippen LogP contribution in [0.15, 0.2) is 0 Å². The van der Waals surface area contributed by atoms with Crippen LogP contribution in [0.1, 0.15) is 55.4 Å². The van der Waals surface area contributed by atoms with E-state index in [0.29, 0.717) is 16.8 Å². The molecule has 1 amide bonds. The van der Waals surface area contributed by atoms with Gasteiger partial charge in [-0.05, 0) is 63.5 Å². The molecule has 1 saturated heterocycles. The highest BCUT2D eigenvalue weighted by atomic mass is 32.1. The quantitative estimate of drug-likeness (QED) is 0.876. The Morgan fingerprint density at radius 2 is 2.33 bits per heavy atom. The van der Waals surface area contributed by atoms with Gasteiger partial charge in [-0.3, -0.25) is 4.79 Å². The van der Waals surface area contributed by atoms with E-state index >= 15 is 0 Å². The van der Waals surface area contributed by atoms with Crippen molar-refractivity contribution in [2.45, 2.75) is 52.5 Å². The van der Waals surface area contributed by atoms with Gasteiger partial charge in [-0.25, -0.2) is 0 Å². The fraction of sp³-hybridized carbons (Fsp3) is 0.800. The summed E-state index contributed by atoms with van der Waals surface area (Å²) in [6.45, 7) is 9.63. The van der Waals surface area contributed by atoms with E-state index in [1.165, 1.54) is 30.9 Å². The minimum absolute atomic E-state index is 0.0154. The highest BCUT2D eigenvalue weighted by Crippen LogP contribution is 2.20. The average molecular weight is 310 g/mol. The van der Waals surface area contributed by atoms with Crippen LogP contribution < -0.4 is 5.32 Å². The predicted octanol–water partition coefficient (Wildman–Crippen LogP) is 2.34. The molecule has 5 nitrogen and oxygen atoms in total. The minimum atomic E-state index is -0.0154. The van der Waals surface area contributed by atoms with Gasteiger partial charge in [-0.15, -0.1) is 5.10 Å². The number of rotatable bonds is 6. The maximum Gasteiger partial charge on any atom is 0.264 e. The summed E-state index contributed by atoms with van der Waals surface area (Å²) in [5.41, 5.74) is 0.807. The first-order chi connectivity index (χ1) is 10.1. The standard InChI is InChI=1S/C15H26N4OS/c1-4-13-14(21-18-17-13)15(20)16-8-7-12-6-5-9-19(10-12)11(2)3/h11-12H,4-10H2,1-3H3,(H,16,20)/t12-/m0/s1. The summed E-state index contributed by atoms with van der Waals surface area (Å²) >= 11 is 1.19. The Bertz CT molecular complexity index is 460. The second kappa shape index (κ2) is 7.84. The van der Waals surface area contributed by atoms with E-state index in [2.05, 4.69) is 33.7 Å². The number of piperidine rings is 1. The summed E-state index contributed by atoms with van der Waals surface area (Å²) in [4.78, 5) is 15.3. The molecule has 0 aromatic carbocycles. The fourth-order valence-corrected chi connectivity index (χ4v) is 3.55. The van der Waals surface area contributed by atoms with E-state index in [9.17, 15) is 4.79 Å². The molecule has 0 spiro atoms. The van der Waals surface area contributed by atoms with Gasteiger partial charge in [-0.2, -0.15) is 0 Å². The topological polar surface area (TPSA) is 58.1 Å². The second-order valence-electron chi connectivity index (χ2n) is 6.04. The van der Waals surface area contributed by atoms with Gasteiger partial charge in [0.15, 0.2) is 0 Å². The van der Waals surface area contributed by atoms with Crippen LogP contribution >= 0.6 is 11.5 Å². The van der Waals surface area contributed by atoms with Gasteiger partial charge in [-0.1, -0.05) is 11.4 Å². The van der Waals surface area contributed by atoms with Crippen molar-refractivity contribution < 1.29 is 4.79 Å². The molecule has 0 radical (unpaired) electrons. The third-order valence-corrected chi connectivity index (χ3v) is 4.98. The van der Waals surface area contributed by atoms with Crippen LogP contribution in [0.3, 0.4) is 0 Å². The Labute approximate surface area is 131 Å². The first-order valence-corrected chi connectivity index (χ1v) is 8.72. The average Bonchev–Trinajstić information content (AvgIpc) is 2.96. The molecule has 21 heavy (non-hydrogen) atoms. The highest BCUT2D eigenvalue weighted by Gasteiger charge is 2.22. The van der Waals surface area contributed by atoms with E-state index in [4.69, 9.17) is 0 Å². The zero-order chi connectivity index (χ0) is 15.2. The molecule has 2 rings (SSSR count). The number of carbonyl (C=O) groups is 1. The Kier molecular flexibility index (Phi) is 6.11. The molecule has 1 aliphatic rings. The maximum absolute atomic E-state index is 12.1. The molecule has 1 aliphatic heterocycles. The van der Waals surface area contributed by atoms with Gasteiger partial charge in [0.1, 0.15) is 4.88 Å². The van der Waals surface area contributed by atoms with Crippen molar-refractivity contribution >= 4 is 17.4 Å². The number of nitrogens with zero attached hydrogens (tertiary/aromatic N) is 3. The molecular weight excluding hydrogens is 284 g/mol. The largest absolute Gasteiger partial charge is 0.351 e. The molecule has 118 valence electrons. The number of amides is 1. The molecule has 0 unspecified atom stereocenters. The van der Waals surface area contributed by atoms with Crippen LogP contribution in [-0.2, 0) is 6.42 Å². The van der Waals surface area contributed by atoms with E-state index in [0.717, 1.165) is 31.6 Å². The molecule has 2 heterocycles. The summed E-state index contributed by atoms with van der Waals surface area (Å²) < 4.78 is 3.87. The number of likely N-dealkylation sites (tertiary alicyclic amines) is 1. The van der Waals surface area contributed by atoms with Crippen LogP contribution in [0.5, 0.6) is 0 Å². The zero-order valence-corrected chi connectivity index (χ0v) is 14.1. The van der Waals surface area contributed by atoms with Crippen molar-refractivity contribution in [2.75, 3.05) is 19.6 Å². The Hall–Kier alpha value is -1.01. The van der Waals surface area contributed by atoms with Crippen molar-refractivity contribution in [1.82, 2.24) is 19.8 Å². The lowest BCUT2D eigenvalue weighted by Gasteiger charge is -2.35. The zero-order valence-electron chi connectivity index (χ0n) is 13.3. The molecule has 1 aromatic heterocycles. The van der Waals surface area contributed by atoms with Gasteiger partial charge < -0.3 is 10.2 Å². The monoisotopic (exact) mass is 310 g/mol.